The number of fused-ring (bicyclic) bond motifs is 1. The molecule has 0 spiro atoms. The molecule has 1 amide bonds. The first-order chi connectivity index (χ1) is 19.6. The number of nitrogens with two attached hydrogens (primary N) is 1. The highest BCUT2D eigenvalue weighted by atomic mass is 16.5. The molecule has 4 aromatic rings. The van der Waals surface area contributed by atoms with Gasteiger partial charge >= 0.3 is 0 Å². The number of carbonyl (C=O) groups excluding carboxylic acids is 1. The first kappa shape index (κ1) is 26.0. The van der Waals surface area contributed by atoms with Crippen LogP contribution >= 0.6 is 0 Å². The number of hydrogen-bond donors (Lipinski definition) is 1. The van der Waals surface area contributed by atoms with Crippen LogP contribution in [0, 0.1) is 0 Å². The highest BCUT2D eigenvalue weighted by Crippen LogP contribution is 2.35. The second-order valence-electron chi connectivity index (χ2n) is 10.3. The van der Waals surface area contributed by atoms with E-state index in [0.29, 0.717) is 41.7 Å². The Hall–Kier alpha value is -4.28. The van der Waals surface area contributed by atoms with Crippen molar-refractivity contribution < 1.29 is 14.3 Å². The van der Waals surface area contributed by atoms with Crippen molar-refractivity contribution >= 4 is 22.8 Å². The van der Waals surface area contributed by atoms with Gasteiger partial charge in [0.1, 0.15) is 29.3 Å². The summed E-state index contributed by atoms with van der Waals surface area (Å²) in [6, 6.07) is 17.8. The van der Waals surface area contributed by atoms with E-state index >= 15 is 0 Å². The van der Waals surface area contributed by atoms with Crippen LogP contribution in [-0.4, -0.2) is 81.4 Å². The molecule has 0 bridgehead atoms. The van der Waals surface area contributed by atoms with Crippen molar-refractivity contribution in [3.05, 3.63) is 73.1 Å². The minimum Gasteiger partial charge on any atom is -0.457 e. The van der Waals surface area contributed by atoms with Gasteiger partial charge in [0, 0.05) is 43.9 Å². The van der Waals surface area contributed by atoms with E-state index in [1.807, 2.05) is 70.3 Å². The Balaban J connectivity index is 1.18. The maximum atomic E-state index is 12.9. The molecule has 2 aliphatic rings. The van der Waals surface area contributed by atoms with Crippen LogP contribution in [0.4, 0.5) is 5.82 Å². The van der Waals surface area contributed by atoms with E-state index in [2.05, 4.69) is 21.9 Å². The van der Waals surface area contributed by atoms with Gasteiger partial charge in [-0.25, -0.2) is 14.6 Å². The highest BCUT2D eigenvalue weighted by molar-refractivity contribution is 5.98. The summed E-state index contributed by atoms with van der Waals surface area (Å²) in [6.45, 7) is 3.49. The van der Waals surface area contributed by atoms with Crippen molar-refractivity contribution in [2.45, 2.75) is 24.9 Å². The molecule has 6 rings (SSSR count). The average Bonchev–Trinajstić information content (AvgIpc) is 3.75. The fourth-order valence-electron chi connectivity index (χ4n) is 5.34. The van der Waals surface area contributed by atoms with Gasteiger partial charge < -0.3 is 20.1 Å². The summed E-state index contributed by atoms with van der Waals surface area (Å²) in [5.41, 5.74) is 8.59. The molecule has 2 N–H and O–H groups in total. The number of hydrogen-bond acceptors (Lipinski definition) is 8. The minimum absolute atomic E-state index is 0.0121. The summed E-state index contributed by atoms with van der Waals surface area (Å²) in [7, 11) is 2.07. The maximum Gasteiger partial charge on any atom is 0.246 e. The fraction of sp³-hybridized carbons (Fsp3) is 0.333. The lowest BCUT2D eigenvalue weighted by molar-refractivity contribution is -0.125. The number of likely N-dealkylation sites (N-methyl/N-ethyl adjacent to an activating group) is 1. The largest absolute Gasteiger partial charge is 0.457 e. The van der Waals surface area contributed by atoms with Crippen molar-refractivity contribution in [2.24, 2.45) is 0 Å². The average molecular weight is 540 g/mol. The Kier molecular flexibility index (Phi) is 7.43. The topological polar surface area (TPSA) is 112 Å². The van der Waals surface area contributed by atoms with Crippen LogP contribution in [0.1, 0.15) is 18.9 Å². The number of amides is 1. The standard InChI is InChI=1S/C30H33N7O3/c1-35(23-14-17-39-19-23)15-5-8-26(38)36-16-13-22(18-36)37-30-27(29(31)32-20-33-30)28(34-37)21-9-11-25(12-10-21)40-24-6-3-2-4-7-24/h2-12,20,22-23H,13-19H2,1H3,(H2,31,32,33). The number of aromatic nitrogens is 4. The zero-order chi connectivity index (χ0) is 27.5. The number of para-hydroxylation sites is 1. The lowest BCUT2D eigenvalue weighted by Crippen LogP contribution is -2.32. The number of anilines is 1. The summed E-state index contributed by atoms with van der Waals surface area (Å²) in [4.78, 5) is 25.8. The van der Waals surface area contributed by atoms with Gasteiger partial charge in [-0.2, -0.15) is 5.10 Å². The number of nitrogens with zero attached hydrogens (tertiary/aromatic N) is 6. The Morgan fingerprint density at radius 3 is 2.70 bits per heavy atom. The Morgan fingerprint density at radius 1 is 1.12 bits per heavy atom. The maximum absolute atomic E-state index is 12.9. The van der Waals surface area contributed by atoms with E-state index in [4.69, 9.17) is 20.3 Å². The Labute approximate surface area is 233 Å². The molecule has 2 fully saturated rings. The van der Waals surface area contributed by atoms with Crippen LogP contribution in [0.5, 0.6) is 11.5 Å². The summed E-state index contributed by atoms with van der Waals surface area (Å²) in [5.74, 6) is 1.89. The van der Waals surface area contributed by atoms with Crippen molar-refractivity contribution in [2.75, 3.05) is 45.6 Å². The van der Waals surface area contributed by atoms with Crippen LogP contribution in [0.2, 0.25) is 0 Å². The van der Waals surface area contributed by atoms with Crippen molar-refractivity contribution in [1.82, 2.24) is 29.5 Å². The SMILES string of the molecule is CN(CC=CC(=O)N1CCC(n2nc(-c3ccc(Oc4ccccc4)cc3)c3c(N)ncnc32)C1)C1CCOC1. The second-order valence-corrected chi connectivity index (χ2v) is 10.3. The molecular weight excluding hydrogens is 506 g/mol. The number of carbonyl (C=O) groups is 1. The molecule has 2 atom stereocenters. The van der Waals surface area contributed by atoms with Crippen molar-refractivity contribution in [3.8, 4) is 22.8 Å². The molecule has 0 radical (unpaired) electrons. The van der Waals surface area contributed by atoms with Crippen molar-refractivity contribution in [3.63, 3.8) is 0 Å². The molecule has 206 valence electrons. The predicted octanol–water partition coefficient (Wildman–Crippen LogP) is 3.92. The quantitative estimate of drug-likeness (QED) is 0.336. The molecule has 0 saturated carbocycles. The van der Waals surface area contributed by atoms with Gasteiger partial charge in [0.15, 0.2) is 5.65 Å². The second kappa shape index (κ2) is 11.4. The van der Waals surface area contributed by atoms with Gasteiger partial charge in [-0.1, -0.05) is 24.3 Å². The molecule has 2 aromatic carbocycles. The molecule has 10 heteroatoms. The first-order valence-corrected chi connectivity index (χ1v) is 13.6. The van der Waals surface area contributed by atoms with Gasteiger partial charge in [-0.3, -0.25) is 9.69 Å². The first-order valence-electron chi connectivity index (χ1n) is 13.6. The zero-order valence-electron chi connectivity index (χ0n) is 22.5. The molecule has 2 unspecified atom stereocenters. The van der Waals surface area contributed by atoms with Gasteiger partial charge in [0.05, 0.1) is 18.0 Å². The van der Waals surface area contributed by atoms with E-state index in [1.54, 1.807) is 6.08 Å². The van der Waals surface area contributed by atoms with Gasteiger partial charge in [-0.05, 0) is 56.3 Å². The molecule has 2 aliphatic heterocycles. The number of likely N-dealkylation sites (tertiary alicyclic amines) is 1. The van der Waals surface area contributed by atoms with Crippen LogP contribution in [0.3, 0.4) is 0 Å². The van der Waals surface area contributed by atoms with Crippen LogP contribution < -0.4 is 10.5 Å². The predicted molar refractivity (Wildman–Crippen MR) is 153 cm³/mol. The molecule has 4 heterocycles. The smallest absolute Gasteiger partial charge is 0.246 e. The normalized spacial score (nSPS) is 19.3. The van der Waals surface area contributed by atoms with E-state index in [9.17, 15) is 4.79 Å². The summed E-state index contributed by atoms with van der Waals surface area (Å²) < 4.78 is 13.3. The van der Waals surface area contributed by atoms with Crippen LogP contribution in [0.25, 0.3) is 22.3 Å². The van der Waals surface area contributed by atoms with Gasteiger partial charge in [0.25, 0.3) is 0 Å². The van der Waals surface area contributed by atoms with E-state index in [1.165, 1.54) is 6.33 Å². The molecule has 0 aliphatic carbocycles. The van der Waals surface area contributed by atoms with Gasteiger partial charge in [-0.15, -0.1) is 0 Å². The molecule has 2 aromatic heterocycles. The fourth-order valence-corrected chi connectivity index (χ4v) is 5.34. The Morgan fingerprint density at radius 2 is 1.93 bits per heavy atom. The van der Waals surface area contributed by atoms with Crippen LogP contribution in [0.15, 0.2) is 73.1 Å². The molecule has 40 heavy (non-hydrogen) atoms. The third-order valence-corrected chi connectivity index (χ3v) is 7.63. The minimum atomic E-state index is -0.0121. The van der Waals surface area contributed by atoms with Crippen LogP contribution in [-0.2, 0) is 9.53 Å². The molecule has 2 saturated heterocycles. The van der Waals surface area contributed by atoms with E-state index < -0.39 is 0 Å². The lowest BCUT2D eigenvalue weighted by Gasteiger charge is -2.21. The highest BCUT2D eigenvalue weighted by Gasteiger charge is 2.30. The zero-order valence-corrected chi connectivity index (χ0v) is 22.5. The van der Waals surface area contributed by atoms with E-state index in [-0.39, 0.29) is 11.9 Å². The lowest BCUT2D eigenvalue weighted by atomic mass is 10.1. The third kappa shape index (κ3) is 5.41. The van der Waals surface area contributed by atoms with Crippen molar-refractivity contribution in [1.29, 1.82) is 0 Å². The monoisotopic (exact) mass is 539 g/mol. The third-order valence-electron chi connectivity index (χ3n) is 7.63. The molecule has 10 nitrogen and oxygen atoms in total. The number of ether oxygens (including phenoxy) is 2. The van der Waals surface area contributed by atoms with E-state index in [0.717, 1.165) is 49.7 Å². The number of rotatable bonds is 8. The number of benzene rings is 2. The Bertz CT molecular complexity index is 1500. The number of nitrogen functional groups attached to an aromatic ring is 1. The molecular formula is C30H33N7O3. The summed E-state index contributed by atoms with van der Waals surface area (Å²) in [5, 5.41) is 5.67. The van der Waals surface area contributed by atoms with Gasteiger partial charge in [0.2, 0.25) is 5.91 Å². The summed E-state index contributed by atoms with van der Waals surface area (Å²) >= 11 is 0. The summed E-state index contributed by atoms with van der Waals surface area (Å²) in [6.07, 6.45) is 6.90.